The predicted molar refractivity (Wildman–Crippen MR) is 125 cm³/mol. The molecule has 1 amide bonds. The van der Waals surface area contributed by atoms with Crippen LogP contribution in [-0.4, -0.2) is 26.9 Å². The minimum Gasteiger partial charge on any atom is -0.347 e. The molecule has 5 nitrogen and oxygen atoms in total. The lowest BCUT2D eigenvalue weighted by atomic mass is 9.94. The van der Waals surface area contributed by atoms with Crippen molar-refractivity contribution in [1.82, 2.24) is 5.32 Å². The number of carbonyl (C=O) groups excluding carboxylic acids is 1. The maximum Gasteiger partial charge on any atom is 0.264 e. The van der Waals surface area contributed by atoms with Gasteiger partial charge in [0.15, 0.2) is 0 Å². The minimum atomic E-state index is -3.67. The third-order valence-electron chi connectivity index (χ3n) is 5.11. The van der Waals surface area contributed by atoms with Crippen molar-refractivity contribution in [2.45, 2.75) is 37.6 Å². The molecule has 162 valence electrons. The highest BCUT2D eigenvalue weighted by molar-refractivity contribution is 7.92. The summed E-state index contributed by atoms with van der Waals surface area (Å²) in [5.41, 5.74) is 2.67. The molecule has 1 N–H and O–H groups in total. The van der Waals surface area contributed by atoms with Gasteiger partial charge in [0.1, 0.15) is 0 Å². The van der Waals surface area contributed by atoms with Gasteiger partial charge in [0.2, 0.25) is 0 Å². The van der Waals surface area contributed by atoms with E-state index in [0.717, 1.165) is 11.1 Å². The summed E-state index contributed by atoms with van der Waals surface area (Å²) in [6.45, 7) is 5.87. The maximum atomic E-state index is 12.9. The van der Waals surface area contributed by atoms with Crippen LogP contribution in [0.5, 0.6) is 0 Å². The molecule has 0 saturated heterocycles. The van der Waals surface area contributed by atoms with E-state index in [1.165, 1.54) is 11.4 Å². The molecule has 0 spiro atoms. The molecule has 0 aliphatic heterocycles. The first-order chi connectivity index (χ1) is 14.6. The molecular formula is C25H28N2O3S. The van der Waals surface area contributed by atoms with Gasteiger partial charge in [-0.3, -0.25) is 9.10 Å². The second-order valence-corrected chi connectivity index (χ2v) is 10.3. The van der Waals surface area contributed by atoms with Crippen molar-refractivity contribution >= 4 is 21.6 Å². The Morgan fingerprint density at radius 1 is 0.903 bits per heavy atom. The molecule has 6 heteroatoms. The van der Waals surface area contributed by atoms with E-state index < -0.39 is 15.6 Å². The Labute approximate surface area is 184 Å². The summed E-state index contributed by atoms with van der Waals surface area (Å²) in [4.78, 5) is 13.0. The van der Waals surface area contributed by atoms with Crippen molar-refractivity contribution in [3.05, 3.63) is 95.6 Å². The van der Waals surface area contributed by atoms with Gasteiger partial charge < -0.3 is 5.32 Å². The number of benzene rings is 3. The van der Waals surface area contributed by atoms with E-state index >= 15 is 0 Å². The normalized spacial score (nSPS) is 11.7. The first-order valence-corrected chi connectivity index (χ1v) is 11.5. The van der Waals surface area contributed by atoms with E-state index in [4.69, 9.17) is 0 Å². The van der Waals surface area contributed by atoms with E-state index in [9.17, 15) is 13.2 Å². The van der Waals surface area contributed by atoms with Crippen LogP contribution in [0.1, 0.15) is 35.3 Å². The Balaban J connectivity index is 1.71. The number of hydrogen-bond acceptors (Lipinski definition) is 3. The van der Waals surface area contributed by atoms with Crippen LogP contribution < -0.4 is 9.62 Å². The van der Waals surface area contributed by atoms with Gasteiger partial charge in [-0.05, 0) is 69.2 Å². The van der Waals surface area contributed by atoms with Gasteiger partial charge in [-0.2, -0.15) is 0 Å². The quantitative estimate of drug-likeness (QED) is 0.590. The molecule has 0 heterocycles. The lowest BCUT2D eigenvalue weighted by Crippen LogP contribution is -2.45. The van der Waals surface area contributed by atoms with Gasteiger partial charge in [0, 0.05) is 18.2 Å². The third kappa shape index (κ3) is 5.52. The van der Waals surface area contributed by atoms with Crippen LogP contribution in [0, 0.1) is 6.92 Å². The van der Waals surface area contributed by atoms with Crippen molar-refractivity contribution in [3.63, 3.8) is 0 Å². The predicted octanol–water partition coefficient (Wildman–Crippen LogP) is 4.57. The van der Waals surface area contributed by atoms with Gasteiger partial charge in [0.25, 0.3) is 15.9 Å². The molecule has 3 aromatic rings. The van der Waals surface area contributed by atoms with E-state index in [1.54, 1.807) is 48.5 Å². The molecule has 0 aromatic heterocycles. The number of hydrogen-bond donors (Lipinski definition) is 1. The number of aryl methyl sites for hydroxylation is 1. The molecule has 0 atom stereocenters. The fourth-order valence-corrected chi connectivity index (χ4v) is 4.56. The molecule has 31 heavy (non-hydrogen) atoms. The molecule has 0 aliphatic carbocycles. The summed E-state index contributed by atoms with van der Waals surface area (Å²) in [6, 6.07) is 23.3. The van der Waals surface area contributed by atoms with Gasteiger partial charge in [-0.1, -0.05) is 48.0 Å². The SMILES string of the molecule is Cc1ccc(S(=O)(=O)N(C)c2ccc(C(=O)NC(C)(C)Cc3ccccc3)cc2)cc1. The second kappa shape index (κ2) is 8.94. The van der Waals surface area contributed by atoms with Gasteiger partial charge in [-0.25, -0.2) is 8.42 Å². The number of nitrogens with one attached hydrogen (secondary N) is 1. The number of carbonyl (C=O) groups is 1. The summed E-state index contributed by atoms with van der Waals surface area (Å²) in [5.74, 6) is -0.198. The number of anilines is 1. The summed E-state index contributed by atoms with van der Waals surface area (Å²) in [7, 11) is -2.17. The number of sulfonamides is 1. The van der Waals surface area contributed by atoms with Crippen molar-refractivity contribution in [1.29, 1.82) is 0 Å². The lowest BCUT2D eigenvalue weighted by Gasteiger charge is -2.27. The van der Waals surface area contributed by atoms with E-state index in [2.05, 4.69) is 5.32 Å². The molecule has 0 saturated carbocycles. The second-order valence-electron chi connectivity index (χ2n) is 8.33. The Kier molecular flexibility index (Phi) is 6.51. The average Bonchev–Trinajstić information content (AvgIpc) is 2.73. The van der Waals surface area contributed by atoms with E-state index in [0.29, 0.717) is 17.7 Å². The van der Waals surface area contributed by atoms with Crippen molar-refractivity contribution < 1.29 is 13.2 Å². The summed E-state index contributed by atoms with van der Waals surface area (Å²) in [6.07, 6.45) is 0.704. The fraction of sp³-hybridized carbons (Fsp3) is 0.240. The van der Waals surface area contributed by atoms with Crippen LogP contribution in [0.15, 0.2) is 83.8 Å². The van der Waals surface area contributed by atoms with Gasteiger partial charge in [-0.15, -0.1) is 0 Å². The molecule has 0 fully saturated rings. The Hall–Kier alpha value is -3.12. The molecule has 0 bridgehead atoms. The van der Waals surface area contributed by atoms with Crippen LogP contribution in [0.25, 0.3) is 0 Å². The number of nitrogens with zero attached hydrogens (tertiary/aromatic N) is 1. The minimum absolute atomic E-state index is 0.198. The largest absolute Gasteiger partial charge is 0.347 e. The fourth-order valence-electron chi connectivity index (χ4n) is 3.36. The zero-order valence-electron chi connectivity index (χ0n) is 18.3. The highest BCUT2D eigenvalue weighted by atomic mass is 32.2. The van der Waals surface area contributed by atoms with Crippen molar-refractivity contribution in [3.8, 4) is 0 Å². The average molecular weight is 437 g/mol. The molecule has 3 aromatic carbocycles. The third-order valence-corrected chi connectivity index (χ3v) is 6.91. The Bertz CT molecular complexity index is 1140. The van der Waals surface area contributed by atoms with Gasteiger partial charge in [0.05, 0.1) is 10.6 Å². The van der Waals surface area contributed by atoms with Gasteiger partial charge >= 0.3 is 0 Å². The smallest absolute Gasteiger partial charge is 0.264 e. The van der Waals surface area contributed by atoms with Crippen molar-refractivity contribution in [2.24, 2.45) is 0 Å². The summed E-state index contributed by atoms with van der Waals surface area (Å²) >= 11 is 0. The van der Waals surface area contributed by atoms with Crippen LogP contribution in [0.2, 0.25) is 0 Å². The van der Waals surface area contributed by atoms with Crippen LogP contribution >= 0.6 is 0 Å². The zero-order chi connectivity index (χ0) is 22.6. The number of rotatable bonds is 7. The molecule has 0 unspecified atom stereocenters. The summed E-state index contributed by atoms with van der Waals surface area (Å²) < 4.78 is 27.0. The van der Waals surface area contributed by atoms with Crippen LogP contribution in [0.3, 0.4) is 0 Å². The topological polar surface area (TPSA) is 66.5 Å². The maximum absolute atomic E-state index is 12.9. The molecule has 0 radical (unpaired) electrons. The van der Waals surface area contributed by atoms with E-state index in [1.807, 2.05) is 51.1 Å². The first-order valence-electron chi connectivity index (χ1n) is 10.1. The number of amides is 1. The molecular weight excluding hydrogens is 408 g/mol. The molecule has 0 aliphatic rings. The highest BCUT2D eigenvalue weighted by Gasteiger charge is 2.23. The monoisotopic (exact) mass is 436 g/mol. The standard InChI is InChI=1S/C25H28N2O3S/c1-19-10-16-23(17-11-19)31(29,30)27(4)22-14-12-21(13-15-22)24(28)26-25(2,3)18-20-8-6-5-7-9-20/h5-17H,18H2,1-4H3,(H,26,28). The van der Waals surface area contributed by atoms with Crippen LogP contribution in [-0.2, 0) is 16.4 Å². The Morgan fingerprint density at radius 2 is 1.48 bits per heavy atom. The zero-order valence-corrected chi connectivity index (χ0v) is 19.1. The highest BCUT2D eigenvalue weighted by Crippen LogP contribution is 2.23. The van der Waals surface area contributed by atoms with Crippen LogP contribution in [0.4, 0.5) is 5.69 Å². The molecule has 3 rings (SSSR count). The van der Waals surface area contributed by atoms with Crippen molar-refractivity contribution in [2.75, 3.05) is 11.4 Å². The summed E-state index contributed by atoms with van der Waals surface area (Å²) in [5, 5.41) is 3.06. The first kappa shape index (κ1) is 22.6. The Morgan fingerprint density at radius 3 is 2.06 bits per heavy atom. The lowest BCUT2D eigenvalue weighted by molar-refractivity contribution is 0.0913. The van der Waals surface area contributed by atoms with E-state index in [-0.39, 0.29) is 10.8 Å².